The van der Waals surface area contributed by atoms with Gasteiger partial charge in [0.1, 0.15) is 0 Å². The molecule has 0 heterocycles. The molecule has 0 bridgehead atoms. The average Bonchev–Trinajstić information content (AvgIpc) is 2.46. The van der Waals surface area contributed by atoms with Gasteiger partial charge in [-0.2, -0.15) is 0 Å². The molecular formula is C16H28O2. The Morgan fingerprint density at radius 2 is 0.944 bits per heavy atom. The van der Waals surface area contributed by atoms with E-state index < -0.39 is 0 Å². The van der Waals surface area contributed by atoms with Crippen molar-refractivity contribution >= 4 is 0 Å². The molecule has 0 saturated heterocycles. The fourth-order valence-electron chi connectivity index (χ4n) is 3.49. The lowest BCUT2D eigenvalue weighted by atomic mass is 9.83. The minimum atomic E-state index is -0.344. The molecule has 18 heavy (non-hydrogen) atoms. The molecule has 0 radical (unpaired) electrons. The van der Waals surface area contributed by atoms with E-state index in [1.807, 2.05) is 12.2 Å². The zero-order valence-electron chi connectivity index (χ0n) is 11.4. The van der Waals surface area contributed by atoms with Crippen molar-refractivity contribution < 1.29 is 10.2 Å². The monoisotopic (exact) mass is 252 g/mol. The summed E-state index contributed by atoms with van der Waals surface area (Å²) in [6, 6.07) is 0. The van der Waals surface area contributed by atoms with Crippen LogP contribution in [0.2, 0.25) is 0 Å². The van der Waals surface area contributed by atoms with Crippen molar-refractivity contribution in [1.82, 2.24) is 0 Å². The summed E-state index contributed by atoms with van der Waals surface area (Å²) in [6.07, 6.45) is 15.2. The van der Waals surface area contributed by atoms with Crippen LogP contribution in [0.15, 0.2) is 12.2 Å². The van der Waals surface area contributed by atoms with Gasteiger partial charge >= 0.3 is 0 Å². The molecule has 0 unspecified atom stereocenters. The fourth-order valence-corrected chi connectivity index (χ4v) is 3.49. The molecule has 2 saturated carbocycles. The highest BCUT2D eigenvalue weighted by atomic mass is 16.3. The van der Waals surface area contributed by atoms with Crippen molar-refractivity contribution in [2.75, 3.05) is 0 Å². The van der Waals surface area contributed by atoms with Gasteiger partial charge in [0.25, 0.3) is 0 Å². The highest BCUT2D eigenvalue weighted by Gasteiger charge is 2.22. The van der Waals surface area contributed by atoms with Gasteiger partial charge in [0, 0.05) is 0 Å². The van der Waals surface area contributed by atoms with Crippen molar-refractivity contribution in [3.63, 3.8) is 0 Å². The minimum absolute atomic E-state index is 0.344. The Morgan fingerprint density at radius 3 is 1.28 bits per heavy atom. The Bertz CT molecular complexity index is 224. The second-order valence-corrected chi connectivity index (χ2v) is 6.16. The van der Waals surface area contributed by atoms with Gasteiger partial charge in [0.15, 0.2) is 0 Å². The van der Waals surface area contributed by atoms with E-state index in [0.29, 0.717) is 11.8 Å². The first-order valence-electron chi connectivity index (χ1n) is 7.82. The maximum absolute atomic E-state index is 10.1. The normalized spacial score (nSPS) is 27.4. The first kappa shape index (κ1) is 14.1. The molecule has 2 rings (SSSR count). The largest absolute Gasteiger partial charge is 0.389 e. The van der Waals surface area contributed by atoms with Crippen LogP contribution in [-0.4, -0.2) is 22.4 Å². The molecule has 2 aliphatic carbocycles. The van der Waals surface area contributed by atoms with Gasteiger partial charge in [-0.15, -0.1) is 0 Å². The molecule has 2 fully saturated rings. The third kappa shape index (κ3) is 4.10. The lowest BCUT2D eigenvalue weighted by molar-refractivity contribution is 0.111. The van der Waals surface area contributed by atoms with Crippen molar-refractivity contribution in [2.45, 2.75) is 76.4 Å². The lowest BCUT2D eigenvalue weighted by Gasteiger charge is -2.26. The molecule has 0 aliphatic heterocycles. The SMILES string of the molecule is O[C@@H](/C=C\[C@H](O)C1CCCCC1)C1CCCCC1. The van der Waals surface area contributed by atoms with Gasteiger partial charge in [-0.25, -0.2) is 0 Å². The van der Waals surface area contributed by atoms with Crippen LogP contribution in [-0.2, 0) is 0 Å². The molecule has 0 amide bonds. The van der Waals surface area contributed by atoms with Crippen molar-refractivity contribution in [3.8, 4) is 0 Å². The molecule has 0 aromatic carbocycles. The number of hydrogen-bond acceptors (Lipinski definition) is 2. The van der Waals surface area contributed by atoms with Gasteiger partial charge in [0.2, 0.25) is 0 Å². The standard InChI is InChI=1S/C16H28O2/c17-15(13-7-3-1-4-8-13)11-12-16(18)14-9-5-2-6-10-14/h11-18H,1-10H2/b12-11-/t15-,16-/m0/s1. The molecule has 0 spiro atoms. The van der Waals surface area contributed by atoms with Crippen LogP contribution < -0.4 is 0 Å². The Kier molecular flexibility index (Phi) is 5.71. The van der Waals surface area contributed by atoms with Crippen molar-refractivity contribution in [1.29, 1.82) is 0 Å². The second-order valence-electron chi connectivity index (χ2n) is 6.16. The Labute approximate surface area is 111 Å². The predicted octanol–water partition coefficient (Wildman–Crippen LogP) is 3.43. The third-order valence-electron chi connectivity index (χ3n) is 4.77. The van der Waals surface area contributed by atoms with E-state index in [4.69, 9.17) is 0 Å². The molecule has 2 N–H and O–H groups in total. The summed E-state index contributed by atoms with van der Waals surface area (Å²) in [6.45, 7) is 0. The van der Waals surface area contributed by atoms with Crippen LogP contribution in [0.1, 0.15) is 64.2 Å². The molecule has 2 atom stereocenters. The molecule has 2 nitrogen and oxygen atoms in total. The lowest BCUT2D eigenvalue weighted by Crippen LogP contribution is -2.24. The second kappa shape index (κ2) is 7.30. The summed E-state index contributed by atoms with van der Waals surface area (Å²) >= 11 is 0. The quantitative estimate of drug-likeness (QED) is 0.753. The molecule has 0 aromatic rings. The summed E-state index contributed by atoms with van der Waals surface area (Å²) in [5, 5.41) is 20.2. The molecule has 104 valence electrons. The first-order valence-corrected chi connectivity index (χ1v) is 7.82. The number of rotatable bonds is 4. The average molecular weight is 252 g/mol. The van der Waals surface area contributed by atoms with E-state index in [9.17, 15) is 10.2 Å². The summed E-state index contributed by atoms with van der Waals surface area (Å²) in [7, 11) is 0. The van der Waals surface area contributed by atoms with Crippen LogP contribution in [0.5, 0.6) is 0 Å². The minimum Gasteiger partial charge on any atom is -0.389 e. The summed E-state index contributed by atoms with van der Waals surface area (Å²) in [5.41, 5.74) is 0. The van der Waals surface area contributed by atoms with E-state index in [1.54, 1.807) is 0 Å². The zero-order chi connectivity index (χ0) is 12.8. The van der Waals surface area contributed by atoms with Gasteiger partial charge in [-0.3, -0.25) is 0 Å². The topological polar surface area (TPSA) is 40.5 Å². The van der Waals surface area contributed by atoms with Crippen LogP contribution in [0.4, 0.5) is 0 Å². The highest BCUT2D eigenvalue weighted by molar-refractivity contribution is 4.98. The van der Waals surface area contributed by atoms with E-state index in [2.05, 4.69) is 0 Å². The maximum atomic E-state index is 10.1. The molecule has 2 heteroatoms. The highest BCUT2D eigenvalue weighted by Crippen LogP contribution is 2.29. The van der Waals surface area contributed by atoms with Crippen molar-refractivity contribution in [3.05, 3.63) is 12.2 Å². The zero-order valence-corrected chi connectivity index (χ0v) is 11.4. The third-order valence-corrected chi connectivity index (χ3v) is 4.77. The molecule has 0 aromatic heterocycles. The molecule has 2 aliphatic rings. The van der Waals surface area contributed by atoms with Crippen LogP contribution in [0.25, 0.3) is 0 Å². The fraction of sp³-hybridized carbons (Fsp3) is 0.875. The van der Waals surface area contributed by atoms with E-state index in [-0.39, 0.29) is 12.2 Å². The van der Waals surface area contributed by atoms with Crippen LogP contribution in [0, 0.1) is 11.8 Å². The number of aliphatic hydroxyl groups is 2. The Hall–Kier alpha value is -0.340. The number of aliphatic hydroxyl groups excluding tert-OH is 2. The van der Waals surface area contributed by atoms with Gasteiger partial charge in [-0.1, -0.05) is 50.7 Å². The summed E-state index contributed by atoms with van der Waals surface area (Å²) in [5.74, 6) is 0.849. The van der Waals surface area contributed by atoms with Crippen LogP contribution in [0.3, 0.4) is 0 Å². The van der Waals surface area contributed by atoms with E-state index >= 15 is 0 Å². The van der Waals surface area contributed by atoms with Gasteiger partial charge in [-0.05, 0) is 37.5 Å². The first-order chi connectivity index (χ1) is 8.77. The summed E-state index contributed by atoms with van der Waals surface area (Å²) < 4.78 is 0. The Morgan fingerprint density at radius 1 is 0.611 bits per heavy atom. The predicted molar refractivity (Wildman–Crippen MR) is 74.3 cm³/mol. The van der Waals surface area contributed by atoms with Crippen molar-refractivity contribution in [2.24, 2.45) is 11.8 Å². The number of hydrogen-bond donors (Lipinski definition) is 2. The smallest absolute Gasteiger partial charge is 0.0749 e. The molecular weight excluding hydrogens is 224 g/mol. The van der Waals surface area contributed by atoms with Gasteiger partial charge in [0.05, 0.1) is 12.2 Å². The van der Waals surface area contributed by atoms with E-state index in [1.165, 1.54) is 38.5 Å². The van der Waals surface area contributed by atoms with Gasteiger partial charge < -0.3 is 10.2 Å². The Balaban J connectivity index is 1.77. The van der Waals surface area contributed by atoms with Crippen LogP contribution >= 0.6 is 0 Å². The van der Waals surface area contributed by atoms with E-state index in [0.717, 1.165) is 25.7 Å². The summed E-state index contributed by atoms with van der Waals surface area (Å²) in [4.78, 5) is 0. The maximum Gasteiger partial charge on any atom is 0.0749 e.